The average molecular weight is 417 g/mol. The number of ether oxygens (including phenoxy) is 2. The summed E-state index contributed by atoms with van der Waals surface area (Å²) in [6, 6.07) is 0. The molecular formula is C23H25ClO5. The number of Topliss-reactive ketones (excluding diaryl/α,β-unsaturated/α-hetero) is 2. The molecule has 2 aliphatic heterocycles. The summed E-state index contributed by atoms with van der Waals surface area (Å²) in [5.74, 6) is -2.56. The molecule has 0 aromatic heterocycles. The van der Waals surface area contributed by atoms with E-state index in [-0.39, 0.29) is 10.8 Å². The fourth-order valence-corrected chi connectivity index (χ4v) is 4.16. The molecule has 1 saturated heterocycles. The lowest BCUT2D eigenvalue weighted by molar-refractivity contribution is -0.156. The summed E-state index contributed by atoms with van der Waals surface area (Å²) in [6.07, 6.45) is 9.64. The van der Waals surface area contributed by atoms with Crippen molar-refractivity contribution in [1.82, 2.24) is 0 Å². The first-order valence-electron chi connectivity index (χ1n) is 9.77. The normalized spacial score (nSPS) is 30.3. The maximum absolute atomic E-state index is 13.0. The fraction of sp³-hybridized carbons (Fsp3) is 0.435. The molecule has 3 aliphatic rings. The molecule has 0 radical (unpaired) electrons. The van der Waals surface area contributed by atoms with Gasteiger partial charge in [-0.25, -0.2) is 0 Å². The second-order valence-corrected chi connectivity index (χ2v) is 8.24. The maximum atomic E-state index is 13.0. The second kappa shape index (κ2) is 7.79. The van der Waals surface area contributed by atoms with Gasteiger partial charge in [-0.3, -0.25) is 14.4 Å². The van der Waals surface area contributed by atoms with Crippen molar-refractivity contribution in [2.45, 2.75) is 46.6 Å². The molecule has 0 N–H and O–H groups in total. The lowest BCUT2D eigenvalue weighted by Crippen LogP contribution is -2.48. The predicted octanol–water partition coefficient (Wildman–Crippen LogP) is 4.55. The van der Waals surface area contributed by atoms with Crippen LogP contribution in [0.1, 0.15) is 41.0 Å². The number of ketones is 2. The van der Waals surface area contributed by atoms with Crippen molar-refractivity contribution >= 4 is 29.1 Å². The van der Waals surface area contributed by atoms with Gasteiger partial charge in [-0.1, -0.05) is 44.0 Å². The Hall–Kier alpha value is -2.40. The molecule has 29 heavy (non-hydrogen) atoms. The number of hydrogen-bond donors (Lipinski definition) is 0. The van der Waals surface area contributed by atoms with Crippen molar-refractivity contribution in [3.63, 3.8) is 0 Å². The van der Waals surface area contributed by atoms with Crippen molar-refractivity contribution in [2.75, 3.05) is 0 Å². The van der Waals surface area contributed by atoms with Gasteiger partial charge in [0.1, 0.15) is 11.7 Å². The molecule has 0 bridgehead atoms. The van der Waals surface area contributed by atoms with Crippen molar-refractivity contribution in [2.24, 2.45) is 17.8 Å². The highest BCUT2D eigenvalue weighted by atomic mass is 35.5. The third kappa shape index (κ3) is 3.42. The lowest BCUT2D eigenvalue weighted by Gasteiger charge is -2.36. The molecule has 0 aromatic rings. The van der Waals surface area contributed by atoms with Gasteiger partial charge < -0.3 is 9.47 Å². The smallest absolute Gasteiger partial charge is 0.318 e. The monoisotopic (exact) mass is 416 g/mol. The van der Waals surface area contributed by atoms with Crippen molar-refractivity contribution in [3.05, 3.63) is 58.1 Å². The minimum Gasteiger partial charge on any atom is -0.465 e. The average Bonchev–Trinajstić information content (AvgIpc) is 3.00. The molecule has 0 unspecified atom stereocenters. The zero-order valence-corrected chi connectivity index (χ0v) is 18.0. The number of allylic oxidation sites excluding steroid dienone is 6. The molecule has 5 nitrogen and oxygen atoms in total. The SMILES string of the molecule is C/C=C(\C)C(=O)[C@@H]1C(=O)O[C@@]2(C)C(=O)C(Cl)=C3C=C(/C=C/[C@@H](C)CC)OC=C3[C@H]12. The van der Waals surface area contributed by atoms with E-state index in [1.807, 2.05) is 12.2 Å². The fourth-order valence-electron chi connectivity index (χ4n) is 3.81. The summed E-state index contributed by atoms with van der Waals surface area (Å²) < 4.78 is 11.2. The van der Waals surface area contributed by atoms with Gasteiger partial charge in [0.2, 0.25) is 5.78 Å². The van der Waals surface area contributed by atoms with Gasteiger partial charge in [0.15, 0.2) is 11.4 Å². The third-order valence-electron chi connectivity index (χ3n) is 5.97. The highest BCUT2D eigenvalue weighted by Crippen LogP contribution is 2.52. The maximum Gasteiger partial charge on any atom is 0.318 e. The Bertz CT molecular complexity index is 933. The topological polar surface area (TPSA) is 69.7 Å². The van der Waals surface area contributed by atoms with Crippen LogP contribution in [0.5, 0.6) is 0 Å². The number of fused-ring (bicyclic) bond motifs is 3. The number of carbonyl (C=O) groups excluding carboxylic acids is 3. The van der Waals surface area contributed by atoms with E-state index in [4.69, 9.17) is 21.1 Å². The molecule has 0 spiro atoms. The first-order chi connectivity index (χ1) is 13.7. The van der Waals surface area contributed by atoms with Crippen molar-refractivity contribution in [1.29, 1.82) is 0 Å². The van der Waals surface area contributed by atoms with E-state index in [1.165, 1.54) is 13.2 Å². The molecule has 2 heterocycles. The van der Waals surface area contributed by atoms with Crippen LogP contribution in [0.25, 0.3) is 0 Å². The molecule has 1 fully saturated rings. The van der Waals surface area contributed by atoms with Crippen molar-refractivity contribution in [3.8, 4) is 0 Å². The highest BCUT2D eigenvalue weighted by Gasteiger charge is 2.64. The molecule has 6 heteroatoms. The minimum atomic E-state index is -1.53. The molecule has 0 aromatic carbocycles. The Morgan fingerprint density at radius 2 is 2.07 bits per heavy atom. The van der Waals surface area contributed by atoms with Crippen LogP contribution in [-0.2, 0) is 23.9 Å². The Kier molecular flexibility index (Phi) is 5.72. The molecule has 4 atom stereocenters. The first-order valence-corrected chi connectivity index (χ1v) is 10.1. The zero-order chi connectivity index (χ0) is 21.5. The number of carbonyl (C=O) groups is 3. The van der Waals surface area contributed by atoms with E-state index in [9.17, 15) is 14.4 Å². The van der Waals surface area contributed by atoms with Gasteiger partial charge >= 0.3 is 5.97 Å². The van der Waals surface area contributed by atoms with Crippen LogP contribution in [0.15, 0.2) is 58.1 Å². The van der Waals surface area contributed by atoms with E-state index in [2.05, 4.69) is 13.8 Å². The van der Waals surface area contributed by atoms with E-state index < -0.39 is 29.2 Å². The molecule has 0 saturated carbocycles. The largest absolute Gasteiger partial charge is 0.465 e. The molecule has 3 rings (SSSR count). The van der Waals surface area contributed by atoms with E-state index >= 15 is 0 Å². The van der Waals surface area contributed by atoms with Crippen LogP contribution < -0.4 is 0 Å². The predicted molar refractivity (Wildman–Crippen MR) is 110 cm³/mol. The second-order valence-electron chi connectivity index (χ2n) is 7.86. The van der Waals surface area contributed by atoms with Gasteiger partial charge in [-0.2, -0.15) is 0 Å². The molecule has 0 amide bonds. The van der Waals surface area contributed by atoms with E-state index in [0.29, 0.717) is 28.4 Å². The molecular weight excluding hydrogens is 392 g/mol. The molecule has 1 aliphatic carbocycles. The zero-order valence-electron chi connectivity index (χ0n) is 17.2. The van der Waals surface area contributed by atoms with Gasteiger partial charge in [0.25, 0.3) is 0 Å². The number of esters is 1. The van der Waals surface area contributed by atoms with Gasteiger partial charge in [-0.05, 0) is 44.4 Å². The number of rotatable bonds is 5. The first kappa shape index (κ1) is 21.3. The third-order valence-corrected chi connectivity index (χ3v) is 6.35. The van der Waals surface area contributed by atoms with Gasteiger partial charge in [-0.15, -0.1) is 0 Å². The van der Waals surface area contributed by atoms with Gasteiger partial charge in [0.05, 0.1) is 17.2 Å². The van der Waals surface area contributed by atoms with Crippen LogP contribution in [0.2, 0.25) is 0 Å². The Morgan fingerprint density at radius 1 is 1.38 bits per heavy atom. The van der Waals surface area contributed by atoms with E-state index in [1.54, 1.807) is 26.0 Å². The Morgan fingerprint density at radius 3 is 2.69 bits per heavy atom. The van der Waals surface area contributed by atoms with Gasteiger partial charge in [0, 0.05) is 11.1 Å². The summed E-state index contributed by atoms with van der Waals surface area (Å²) in [4.78, 5) is 38.6. The summed E-state index contributed by atoms with van der Waals surface area (Å²) in [5.41, 5.74) is -0.0794. The quantitative estimate of drug-likeness (QED) is 0.373. The number of hydrogen-bond acceptors (Lipinski definition) is 5. The highest BCUT2D eigenvalue weighted by molar-refractivity contribution is 6.45. The summed E-state index contributed by atoms with van der Waals surface area (Å²) in [7, 11) is 0. The van der Waals surface area contributed by atoms with E-state index in [0.717, 1.165) is 6.42 Å². The lowest BCUT2D eigenvalue weighted by atomic mass is 9.67. The number of halogens is 1. The van der Waals surface area contributed by atoms with Crippen LogP contribution >= 0.6 is 11.6 Å². The summed E-state index contributed by atoms with van der Waals surface area (Å²) >= 11 is 6.39. The van der Waals surface area contributed by atoms with Crippen LogP contribution in [-0.4, -0.2) is 23.1 Å². The van der Waals surface area contributed by atoms with Crippen LogP contribution in [0.3, 0.4) is 0 Å². The minimum absolute atomic E-state index is 0.0172. The Balaban J connectivity index is 2.07. The van der Waals surface area contributed by atoms with Crippen molar-refractivity contribution < 1.29 is 23.9 Å². The standard InChI is InChI=1S/C23H25ClO5/c1-6-12(3)8-9-14-10-15-16(11-28-14)18-17(20(25)13(4)7-2)22(27)29-23(18,5)21(26)19(15)24/h7-12,17-18H,6H2,1-5H3/b9-8+,13-7+/t12-,17+,18+,23+/m0/s1. The van der Waals surface area contributed by atoms with Crippen LogP contribution in [0, 0.1) is 17.8 Å². The summed E-state index contributed by atoms with van der Waals surface area (Å²) in [5, 5.41) is -0.0172. The molecule has 154 valence electrons. The summed E-state index contributed by atoms with van der Waals surface area (Å²) in [6.45, 7) is 9.05. The Labute approximate surface area is 175 Å². The van der Waals surface area contributed by atoms with Crippen LogP contribution in [0.4, 0.5) is 0 Å².